The van der Waals surface area contributed by atoms with Crippen molar-refractivity contribution in [3.05, 3.63) is 0 Å². The molecule has 2 heterocycles. The summed E-state index contributed by atoms with van der Waals surface area (Å²) in [5.74, 6) is 0.155. The zero-order valence-corrected chi connectivity index (χ0v) is 9.84. The van der Waals surface area contributed by atoms with E-state index in [0.717, 1.165) is 32.3 Å². The van der Waals surface area contributed by atoms with Crippen molar-refractivity contribution in [2.75, 3.05) is 19.8 Å². The molecule has 2 fully saturated rings. The van der Waals surface area contributed by atoms with Crippen molar-refractivity contribution in [2.24, 2.45) is 16.8 Å². The fourth-order valence-electron chi connectivity index (χ4n) is 2.57. The van der Waals surface area contributed by atoms with Gasteiger partial charge >= 0.3 is 0 Å². The number of hydrogen-bond acceptors (Lipinski definition) is 4. The standard InChI is InChI=1S/C11H19N3O3/c12-10(13-16)9-4-1-5-14(9)11(15)8-3-2-6-17-7-8/h8-9,16H,1-7H2,(H2,12,13). The van der Waals surface area contributed by atoms with Crippen LogP contribution in [-0.2, 0) is 9.53 Å². The van der Waals surface area contributed by atoms with E-state index in [2.05, 4.69) is 5.16 Å². The monoisotopic (exact) mass is 241 g/mol. The number of hydrogen-bond donors (Lipinski definition) is 2. The lowest BCUT2D eigenvalue weighted by atomic mass is 10.00. The van der Waals surface area contributed by atoms with Gasteiger partial charge < -0.3 is 20.6 Å². The molecule has 2 unspecified atom stereocenters. The Morgan fingerprint density at radius 2 is 2.24 bits per heavy atom. The third kappa shape index (κ3) is 2.52. The summed E-state index contributed by atoms with van der Waals surface area (Å²) >= 11 is 0. The third-order valence-electron chi connectivity index (χ3n) is 3.50. The van der Waals surface area contributed by atoms with E-state index in [1.54, 1.807) is 4.90 Å². The topological polar surface area (TPSA) is 88.2 Å². The molecule has 1 amide bonds. The highest BCUT2D eigenvalue weighted by molar-refractivity contribution is 5.91. The first-order valence-corrected chi connectivity index (χ1v) is 6.09. The molecule has 0 aromatic rings. The zero-order chi connectivity index (χ0) is 12.3. The second kappa shape index (κ2) is 5.35. The van der Waals surface area contributed by atoms with Crippen LogP contribution in [0.15, 0.2) is 5.16 Å². The van der Waals surface area contributed by atoms with E-state index in [4.69, 9.17) is 15.7 Å². The normalized spacial score (nSPS) is 30.6. The Bertz CT molecular complexity index is 313. The number of nitrogens with zero attached hydrogens (tertiary/aromatic N) is 2. The number of nitrogens with two attached hydrogens (primary N) is 1. The van der Waals surface area contributed by atoms with Crippen LogP contribution >= 0.6 is 0 Å². The van der Waals surface area contributed by atoms with Crippen molar-refractivity contribution in [1.29, 1.82) is 0 Å². The first-order chi connectivity index (χ1) is 8.24. The van der Waals surface area contributed by atoms with Gasteiger partial charge in [-0.2, -0.15) is 0 Å². The molecule has 6 nitrogen and oxygen atoms in total. The molecule has 2 aliphatic rings. The van der Waals surface area contributed by atoms with Crippen molar-refractivity contribution in [1.82, 2.24) is 4.90 Å². The van der Waals surface area contributed by atoms with Crippen LogP contribution in [0.1, 0.15) is 25.7 Å². The number of carbonyl (C=O) groups excluding carboxylic acids is 1. The Labute approximate surface area is 100 Å². The van der Waals surface area contributed by atoms with Gasteiger partial charge in [-0.05, 0) is 25.7 Å². The van der Waals surface area contributed by atoms with Gasteiger partial charge in [0.05, 0.1) is 18.6 Å². The Hall–Kier alpha value is -1.30. The van der Waals surface area contributed by atoms with Gasteiger partial charge in [-0.25, -0.2) is 0 Å². The van der Waals surface area contributed by atoms with Crippen LogP contribution in [0, 0.1) is 5.92 Å². The molecule has 0 saturated carbocycles. The van der Waals surface area contributed by atoms with Gasteiger partial charge in [-0.3, -0.25) is 4.79 Å². The highest BCUT2D eigenvalue weighted by Crippen LogP contribution is 2.23. The van der Waals surface area contributed by atoms with Gasteiger partial charge in [-0.1, -0.05) is 5.16 Å². The van der Waals surface area contributed by atoms with Crippen LogP contribution in [0.4, 0.5) is 0 Å². The van der Waals surface area contributed by atoms with E-state index in [0.29, 0.717) is 13.2 Å². The predicted molar refractivity (Wildman–Crippen MR) is 61.7 cm³/mol. The molecular weight excluding hydrogens is 222 g/mol. The van der Waals surface area contributed by atoms with Gasteiger partial charge in [0.15, 0.2) is 5.84 Å². The number of oxime groups is 1. The Morgan fingerprint density at radius 3 is 2.88 bits per heavy atom. The highest BCUT2D eigenvalue weighted by atomic mass is 16.5. The molecule has 0 spiro atoms. The number of likely N-dealkylation sites (tertiary alicyclic amines) is 1. The second-order valence-electron chi connectivity index (χ2n) is 4.63. The van der Waals surface area contributed by atoms with Crippen LogP contribution < -0.4 is 5.73 Å². The summed E-state index contributed by atoms with van der Waals surface area (Å²) in [6.07, 6.45) is 3.48. The van der Waals surface area contributed by atoms with E-state index in [1.807, 2.05) is 0 Å². The van der Waals surface area contributed by atoms with Gasteiger partial charge in [0.25, 0.3) is 0 Å². The summed E-state index contributed by atoms with van der Waals surface area (Å²) < 4.78 is 5.33. The Kier molecular flexibility index (Phi) is 3.83. The van der Waals surface area contributed by atoms with E-state index < -0.39 is 0 Å². The van der Waals surface area contributed by atoms with Crippen molar-refractivity contribution in [2.45, 2.75) is 31.7 Å². The number of ether oxygens (including phenoxy) is 1. The fourth-order valence-corrected chi connectivity index (χ4v) is 2.57. The molecule has 2 atom stereocenters. The molecule has 0 aliphatic carbocycles. The molecule has 0 bridgehead atoms. The van der Waals surface area contributed by atoms with Crippen molar-refractivity contribution in [3.8, 4) is 0 Å². The number of amidine groups is 1. The predicted octanol–water partition coefficient (Wildman–Crippen LogP) is 0.150. The average Bonchev–Trinajstić information content (AvgIpc) is 2.87. The lowest BCUT2D eigenvalue weighted by Gasteiger charge is -2.29. The molecule has 2 aliphatic heterocycles. The summed E-state index contributed by atoms with van der Waals surface area (Å²) in [7, 11) is 0. The van der Waals surface area contributed by atoms with E-state index in [1.165, 1.54) is 0 Å². The van der Waals surface area contributed by atoms with Gasteiger partial charge in [0.1, 0.15) is 0 Å². The van der Waals surface area contributed by atoms with Crippen molar-refractivity contribution >= 4 is 11.7 Å². The lowest BCUT2D eigenvalue weighted by molar-refractivity contribution is -0.139. The number of amides is 1. The van der Waals surface area contributed by atoms with Gasteiger partial charge in [0.2, 0.25) is 5.91 Å². The maximum absolute atomic E-state index is 12.3. The third-order valence-corrected chi connectivity index (χ3v) is 3.50. The molecule has 6 heteroatoms. The molecule has 2 saturated heterocycles. The summed E-state index contributed by atoms with van der Waals surface area (Å²) in [5.41, 5.74) is 5.61. The summed E-state index contributed by atoms with van der Waals surface area (Å²) in [6, 6.07) is -0.241. The molecule has 0 aromatic carbocycles. The molecule has 0 radical (unpaired) electrons. The number of rotatable bonds is 2. The van der Waals surface area contributed by atoms with E-state index in [-0.39, 0.29) is 23.7 Å². The molecule has 3 N–H and O–H groups in total. The second-order valence-corrected chi connectivity index (χ2v) is 4.63. The lowest BCUT2D eigenvalue weighted by Crippen LogP contribution is -2.47. The smallest absolute Gasteiger partial charge is 0.228 e. The summed E-state index contributed by atoms with van der Waals surface area (Å²) in [5, 5.41) is 11.7. The minimum Gasteiger partial charge on any atom is -0.409 e. The van der Waals surface area contributed by atoms with Crippen molar-refractivity contribution < 1.29 is 14.7 Å². The van der Waals surface area contributed by atoms with Gasteiger partial charge in [0, 0.05) is 13.2 Å². The largest absolute Gasteiger partial charge is 0.409 e. The molecule has 96 valence electrons. The average molecular weight is 241 g/mol. The first kappa shape index (κ1) is 12.2. The highest BCUT2D eigenvalue weighted by Gasteiger charge is 2.35. The summed E-state index contributed by atoms with van der Waals surface area (Å²) in [4.78, 5) is 14.0. The minimum atomic E-state index is -0.241. The zero-order valence-electron chi connectivity index (χ0n) is 9.84. The van der Waals surface area contributed by atoms with Crippen LogP contribution in [0.25, 0.3) is 0 Å². The molecule has 17 heavy (non-hydrogen) atoms. The number of carbonyl (C=O) groups is 1. The van der Waals surface area contributed by atoms with Gasteiger partial charge in [-0.15, -0.1) is 0 Å². The quantitative estimate of drug-likeness (QED) is 0.312. The Morgan fingerprint density at radius 1 is 1.41 bits per heavy atom. The van der Waals surface area contributed by atoms with Crippen LogP contribution in [0.2, 0.25) is 0 Å². The molecule has 0 aromatic heterocycles. The van der Waals surface area contributed by atoms with E-state index in [9.17, 15) is 4.79 Å². The molecular formula is C11H19N3O3. The fraction of sp³-hybridized carbons (Fsp3) is 0.818. The van der Waals surface area contributed by atoms with Crippen molar-refractivity contribution in [3.63, 3.8) is 0 Å². The van der Waals surface area contributed by atoms with Crippen LogP contribution in [0.3, 0.4) is 0 Å². The van der Waals surface area contributed by atoms with Crippen LogP contribution in [0.5, 0.6) is 0 Å². The van der Waals surface area contributed by atoms with E-state index >= 15 is 0 Å². The molecule has 2 rings (SSSR count). The van der Waals surface area contributed by atoms with Crippen LogP contribution in [-0.4, -0.2) is 47.7 Å². The Balaban J connectivity index is 2.02. The minimum absolute atomic E-state index is 0.0594. The summed E-state index contributed by atoms with van der Waals surface area (Å²) in [6.45, 7) is 1.93. The maximum atomic E-state index is 12.3. The SMILES string of the molecule is NC(=NO)C1CCCN1C(=O)C1CCCOC1. The maximum Gasteiger partial charge on any atom is 0.228 e. The first-order valence-electron chi connectivity index (χ1n) is 6.09.